The molecule has 1 aliphatic rings. The zero-order chi connectivity index (χ0) is 21.7. The van der Waals surface area contributed by atoms with E-state index in [0.29, 0.717) is 37.2 Å². The largest absolute Gasteiger partial charge is 0.452 e. The molecule has 1 heterocycles. The molecule has 1 fully saturated rings. The minimum absolute atomic E-state index is 0.187. The van der Waals surface area contributed by atoms with Crippen LogP contribution in [0, 0.1) is 18.7 Å². The summed E-state index contributed by atoms with van der Waals surface area (Å²) in [6.07, 6.45) is -0.00598. The van der Waals surface area contributed by atoms with Crippen LogP contribution in [0.5, 0.6) is 0 Å². The first-order valence-corrected chi connectivity index (χ1v) is 9.96. The third-order valence-corrected chi connectivity index (χ3v) is 5.19. The number of amides is 2. The van der Waals surface area contributed by atoms with Gasteiger partial charge in [-0.05, 0) is 63.1 Å². The van der Waals surface area contributed by atoms with Gasteiger partial charge in [-0.3, -0.25) is 14.4 Å². The molecule has 3 rings (SSSR count). The van der Waals surface area contributed by atoms with E-state index in [9.17, 15) is 18.8 Å². The Morgan fingerprint density at radius 2 is 1.63 bits per heavy atom. The van der Waals surface area contributed by atoms with Crippen LogP contribution in [-0.2, 0) is 14.3 Å². The second-order valence-corrected chi connectivity index (χ2v) is 7.51. The fourth-order valence-corrected chi connectivity index (χ4v) is 3.30. The first kappa shape index (κ1) is 21.5. The van der Waals surface area contributed by atoms with Crippen LogP contribution in [-0.4, -0.2) is 41.9 Å². The van der Waals surface area contributed by atoms with Crippen molar-refractivity contribution in [2.24, 2.45) is 5.92 Å². The fraction of sp³-hybridized carbons (Fsp3) is 0.348. The fourth-order valence-electron chi connectivity index (χ4n) is 3.30. The van der Waals surface area contributed by atoms with Gasteiger partial charge in [-0.25, -0.2) is 4.39 Å². The Labute approximate surface area is 175 Å². The second kappa shape index (κ2) is 9.52. The lowest BCUT2D eigenvalue weighted by Crippen LogP contribution is -2.41. The van der Waals surface area contributed by atoms with E-state index >= 15 is 0 Å². The minimum Gasteiger partial charge on any atom is -0.452 e. The van der Waals surface area contributed by atoms with Crippen LogP contribution >= 0.6 is 0 Å². The van der Waals surface area contributed by atoms with Gasteiger partial charge in [0.1, 0.15) is 5.82 Å². The van der Waals surface area contributed by atoms with E-state index in [1.54, 1.807) is 17.0 Å². The van der Waals surface area contributed by atoms with Gasteiger partial charge in [0, 0.05) is 24.3 Å². The first-order valence-electron chi connectivity index (χ1n) is 9.96. The lowest BCUT2D eigenvalue weighted by molar-refractivity contribution is -0.158. The highest BCUT2D eigenvalue weighted by Gasteiger charge is 2.30. The average Bonchev–Trinajstić information content (AvgIpc) is 2.75. The topological polar surface area (TPSA) is 75.7 Å². The minimum atomic E-state index is -0.919. The molecule has 30 heavy (non-hydrogen) atoms. The van der Waals surface area contributed by atoms with Gasteiger partial charge >= 0.3 is 5.97 Å². The molecule has 1 aliphatic heterocycles. The molecule has 1 atom stereocenters. The monoisotopic (exact) mass is 412 g/mol. The average molecular weight is 412 g/mol. The SMILES string of the molecule is Cc1ccc(NC(=O)[C@@H](C)OC(=O)C2CCN(C(=O)c3ccc(F)cc3)CC2)cc1. The van der Waals surface area contributed by atoms with Gasteiger partial charge in [-0.15, -0.1) is 0 Å². The van der Waals surface area contributed by atoms with Crippen LogP contribution in [0.4, 0.5) is 10.1 Å². The number of esters is 1. The maximum Gasteiger partial charge on any atom is 0.309 e. The molecule has 2 aromatic carbocycles. The summed E-state index contributed by atoms with van der Waals surface area (Å²) < 4.78 is 18.4. The van der Waals surface area contributed by atoms with Crippen molar-refractivity contribution in [2.45, 2.75) is 32.8 Å². The summed E-state index contributed by atoms with van der Waals surface area (Å²) in [5.41, 5.74) is 2.14. The number of hydrogen-bond donors (Lipinski definition) is 1. The first-order chi connectivity index (χ1) is 14.3. The zero-order valence-electron chi connectivity index (χ0n) is 17.1. The molecule has 0 aliphatic carbocycles. The predicted molar refractivity (Wildman–Crippen MR) is 110 cm³/mol. The predicted octanol–water partition coefficient (Wildman–Crippen LogP) is 3.56. The molecule has 0 unspecified atom stereocenters. The number of nitrogens with zero attached hydrogens (tertiary/aromatic N) is 1. The summed E-state index contributed by atoms with van der Waals surface area (Å²) in [5.74, 6) is -1.77. The van der Waals surface area contributed by atoms with Crippen LogP contribution in [0.15, 0.2) is 48.5 Å². The van der Waals surface area contributed by atoms with Crippen LogP contribution < -0.4 is 5.32 Å². The van der Waals surface area contributed by atoms with E-state index < -0.39 is 23.8 Å². The zero-order valence-corrected chi connectivity index (χ0v) is 17.1. The van der Waals surface area contributed by atoms with E-state index in [2.05, 4.69) is 5.32 Å². The van der Waals surface area contributed by atoms with Gasteiger partial charge in [0.2, 0.25) is 0 Å². The summed E-state index contributed by atoms with van der Waals surface area (Å²) in [6, 6.07) is 12.7. The van der Waals surface area contributed by atoms with Crippen LogP contribution in [0.3, 0.4) is 0 Å². The highest BCUT2D eigenvalue weighted by Crippen LogP contribution is 2.21. The highest BCUT2D eigenvalue weighted by molar-refractivity contribution is 5.95. The van der Waals surface area contributed by atoms with Crippen molar-refractivity contribution in [1.82, 2.24) is 4.90 Å². The molecule has 0 aromatic heterocycles. The second-order valence-electron chi connectivity index (χ2n) is 7.51. The highest BCUT2D eigenvalue weighted by atomic mass is 19.1. The molecule has 0 radical (unpaired) electrons. The Kier molecular flexibility index (Phi) is 6.82. The van der Waals surface area contributed by atoms with E-state index in [0.717, 1.165) is 5.56 Å². The molecule has 0 saturated carbocycles. The molecule has 7 heteroatoms. The Bertz CT molecular complexity index is 904. The van der Waals surface area contributed by atoms with Crippen LogP contribution in [0.25, 0.3) is 0 Å². The van der Waals surface area contributed by atoms with Gasteiger partial charge < -0.3 is 15.0 Å². The Morgan fingerprint density at radius 3 is 2.23 bits per heavy atom. The van der Waals surface area contributed by atoms with Crippen molar-refractivity contribution in [1.29, 1.82) is 0 Å². The van der Waals surface area contributed by atoms with Gasteiger partial charge in [0.05, 0.1) is 5.92 Å². The van der Waals surface area contributed by atoms with E-state index in [4.69, 9.17) is 4.74 Å². The number of rotatable bonds is 5. The lowest BCUT2D eigenvalue weighted by atomic mass is 9.96. The van der Waals surface area contributed by atoms with Crippen molar-refractivity contribution < 1.29 is 23.5 Å². The van der Waals surface area contributed by atoms with Crippen LogP contribution in [0.1, 0.15) is 35.7 Å². The number of likely N-dealkylation sites (tertiary alicyclic amines) is 1. The number of carbonyl (C=O) groups is 3. The lowest BCUT2D eigenvalue weighted by Gasteiger charge is -2.31. The molecule has 6 nitrogen and oxygen atoms in total. The van der Waals surface area contributed by atoms with Crippen LogP contribution in [0.2, 0.25) is 0 Å². The van der Waals surface area contributed by atoms with E-state index in [1.165, 1.54) is 31.2 Å². The Balaban J connectivity index is 1.47. The molecule has 2 amide bonds. The summed E-state index contributed by atoms with van der Waals surface area (Å²) in [6.45, 7) is 4.29. The molecule has 1 saturated heterocycles. The van der Waals surface area contributed by atoms with Gasteiger partial charge in [-0.2, -0.15) is 0 Å². The number of benzene rings is 2. The van der Waals surface area contributed by atoms with Gasteiger partial charge in [-0.1, -0.05) is 17.7 Å². The van der Waals surface area contributed by atoms with Gasteiger partial charge in [0.25, 0.3) is 11.8 Å². The van der Waals surface area contributed by atoms with Crippen molar-refractivity contribution >= 4 is 23.5 Å². The molecule has 0 bridgehead atoms. The maximum absolute atomic E-state index is 13.0. The number of aryl methyl sites for hydroxylation is 1. The van der Waals surface area contributed by atoms with Crippen molar-refractivity contribution in [3.05, 3.63) is 65.5 Å². The van der Waals surface area contributed by atoms with E-state index in [1.807, 2.05) is 19.1 Å². The molecule has 158 valence electrons. The normalized spacial score (nSPS) is 15.4. The molecule has 1 N–H and O–H groups in total. The van der Waals surface area contributed by atoms with Crippen molar-refractivity contribution in [3.63, 3.8) is 0 Å². The number of carbonyl (C=O) groups excluding carboxylic acids is 3. The summed E-state index contributed by atoms with van der Waals surface area (Å²) >= 11 is 0. The Morgan fingerprint density at radius 1 is 1.03 bits per heavy atom. The molecule has 0 spiro atoms. The van der Waals surface area contributed by atoms with E-state index in [-0.39, 0.29) is 11.8 Å². The smallest absolute Gasteiger partial charge is 0.309 e. The quantitative estimate of drug-likeness (QED) is 0.762. The molecular formula is C23H25FN2O4. The van der Waals surface area contributed by atoms with Crippen molar-refractivity contribution in [2.75, 3.05) is 18.4 Å². The number of halogens is 1. The number of anilines is 1. The number of piperidine rings is 1. The standard InChI is InChI=1S/C23H25FN2O4/c1-15-3-9-20(10-4-15)25-21(27)16(2)30-23(29)18-11-13-26(14-12-18)22(28)17-5-7-19(24)8-6-17/h3-10,16,18H,11-14H2,1-2H3,(H,25,27)/t16-/m1/s1. The van der Waals surface area contributed by atoms with Gasteiger partial charge in [0.15, 0.2) is 6.10 Å². The summed E-state index contributed by atoms with van der Waals surface area (Å²) in [5, 5.41) is 2.73. The maximum atomic E-state index is 13.0. The number of hydrogen-bond acceptors (Lipinski definition) is 4. The third-order valence-electron chi connectivity index (χ3n) is 5.19. The Hall–Kier alpha value is -3.22. The molecular weight excluding hydrogens is 387 g/mol. The summed E-state index contributed by atoms with van der Waals surface area (Å²) in [4.78, 5) is 38.8. The third kappa shape index (κ3) is 5.43. The van der Waals surface area contributed by atoms with Crippen molar-refractivity contribution in [3.8, 4) is 0 Å². The number of ether oxygens (including phenoxy) is 1. The number of nitrogens with one attached hydrogen (secondary N) is 1. The molecule has 2 aromatic rings. The summed E-state index contributed by atoms with van der Waals surface area (Å²) in [7, 11) is 0.